The summed E-state index contributed by atoms with van der Waals surface area (Å²) in [6, 6.07) is 4.27. The van der Waals surface area contributed by atoms with E-state index in [1.54, 1.807) is 6.92 Å². The molecule has 1 atom stereocenters. The monoisotopic (exact) mass is 343 g/mol. The number of carbonyl (C=O) groups is 2. The number of halogens is 3. The van der Waals surface area contributed by atoms with Gasteiger partial charge in [-0.2, -0.15) is 13.2 Å². The van der Waals surface area contributed by atoms with Gasteiger partial charge in [-0.25, -0.2) is 0 Å². The Hall–Kier alpha value is -2.09. The number of anilines is 1. The summed E-state index contributed by atoms with van der Waals surface area (Å²) < 4.78 is 38.9. The lowest BCUT2D eigenvalue weighted by atomic mass is 9.95. The highest BCUT2D eigenvalue weighted by atomic mass is 19.4. The van der Waals surface area contributed by atoms with Crippen LogP contribution >= 0.6 is 0 Å². The van der Waals surface area contributed by atoms with Crippen molar-refractivity contribution in [2.24, 2.45) is 11.7 Å². The molecule has 1 saturated heterocycles. The molecule has 1 unspecified atom stereocenters. The fourth-order valence-electron chi connectivity index (χ4n) is 2.81. The first-order chi connectivity index (χ1) is 11.2. The van der Waals surface area contributed by atoms with Crippen LogP contribution in [0.1, 0.15) is 25.3 Å². The summed E-state index contributed by atoms with van der Waals surface area (Å²) >= 11 is 0. The quantitative estimate of drug-likeness (QED) is 0.880. The second kappa shape index (κ2) is 7.21. The maximum atomic E-state index is 13.0. The van der Waals surface area contributed by atoms with Gasteiger partial charge in [0.2, 0.25) is 11.8 Å². The van der Waals surface area contributed by atoms with Crippen molar-refractivity contribution < 1.29 is 22.8 Å². The lowest BCUT2D eigenvalue weighted by Crippen LogP contribution is -2.47. The minimum Gasteiger partial charge on any atom is -0.369 e. The van der Waals surface area contributed by atoms with Gasteiger partial charge in [0.15, 0.2) is 0 Å². The van der Waals surface area contributed by atoms with E-state index in [1.165, 1.54) is 18.2 Å². The standard InChI is InChI=1S/C16H20F3N3O2/c1-10(22-8-6-11(7-9-22)14(20)23)15(24)21-13-5-3-2-4-12(13)16(17,18)19/h2-5,10-11H,6-9H2,1H3,(H2,20,23)(H,21,24). The summed E-state index contributed by atoms with van der Waals surface area (Å²) in [6.45, 7) is 2.64. The molecule has 132 valence electrons. The largest absolute Gasteiger partial charge is 0.418 e. The smallest absolute Gasteiger partial charge is 0.369 e. The number of alkyl halides is 3. The van der Waals surface area contributed by atoms with E-state index in [9.17, 15) is 22.8 Å². The highest BCUT2D eigenvalue weighted by Gasteiger charge is 2.34. The van der Waals surface area contributed by atoms with E-state index in [2.05, 4.69) is 5.32 Å². The van der Waals surface area contributed by atoms with E-state index in [0.717, 1.165) is 6.07 Å². The molecule has 0 saturated carbocycles. The Bertz CT molecular complexity index is 611. The maximum Gasteiger partial charge on any atom is 0.418 e. The third-order valence-electron chi connectivity index (χ3n) is 4.35. The second-order valence-corrected chi connectivity index (χ2v) is 5.92. The Morgan fingerprint density at radius 3 is 2.38 bits per heavy atom. The summed E-state index contributed by atoms with van der Waals surface area (Å²) in [5.74, 6) is -1.07. The van der Waals surface area contributed by atoms with Crippen molar-refractivity contribution in [3.05, 3.63) is 29.8 Å². The van der Waals surface area contributed by atoms with Crippen molar-refractivity contribution in [2.75, 3.05) is 18.4 Å². The summed E-state index contributed by atoms with van der Waals surface area (Å²) in [6.07, 6.45) is -3.44. The molecule has 2 amide bonds. The lowest BCUT2D eigenvalue weighted by Gasteiger charge is -2.34. The van der Waals surface area contributed by atoms with E-state index in [-0.39, 0.29) is 17.5 Å². The van der Waals surface area contributed by atoms with Gasteiger partial charge < -0.3 is 11.1 Å². The molecular formula is C16H20F3N3O2. The number of amides is 2. The molecule has 0 spiro atoms. The SMILES string of the molecule is CC(C(=O)Nc1ccccc1C(F)(F)F)N1CCC(C(N)=O)CC1. The van der Waals surface area contributed by atoms with Crippen LogP contribution in [0.3, 0.4) is 0 Å². The van der Waals surface area contributed by atoms with Gasteiger partial charge >= 0.3 is 6.18 Å². The number of likely N-dealkylation sites (tertiary alicyclic amines) is 1. The third-order valence-corrected chi connectivity index (χ3v) is 4.35. The molecule has 1 aliphatic rings. The zero-order chi connectivity index (χ0) is 17.9. The van der Waals surface area contributed by atoms with Crippen molar-refractivity contribution in [3.63, 3.8) is 0 Å². The first kappa shape index (κ1) is 18.3. The van der Waals surface area contributed by atoms with Crippen LogP contribution in [0, 0.1) is 5.92 Å². The van der Waals surface area contributed by atoms with Crippen molar-refractivity contribution in [1.29, 1.82) is 0 Å². The molecule has 1 heterocycles. The number of rotatable bonds is 4. The van der Waals surface area contributed by atoms with Crippen LogP contribution in [0.5, 0.6) is 0 Å². The van der Waals surface area contributed by atoms with Crippen molar-refractivity contribution >= 4 is 17.5 Å². The Morgan fingerprint density at radius 2 is 1.83 bits per heavy atom. The minimum absolute atomic E-state index is 0.206. The number of para-hydroxylation sites is 1. The van der Waals surface area contributed by atoms with Gasteiger partial charge in [-0.1, -0.05) is 12.1 Å². The van der Waals surface area contributed by atoms with E-state index < -0.39 is 23.7 Å². The molecule has 1 aliphatic heterocycles. The molecule has 2 rings (SSSR count). The van der Waals surface area contributed by atoms with Crippen molar-refractivity contribution in [3.8, 4) is 0 Å². The summed E-state index contributed by atoms with van der Waals surface area (Å²) in [5, 5.41) is 2.36. The Kier molecular flexibility index (Phi) is 5.48. The fraction of sp³-hybridized carbons (Fsp3) is 0.500. The zero-order valence-corrected chi connectivity index (χ0v) is 13.3. The minimum atomic E-state index is -4.53. The number of nitrogens with two attached hydrogens (primary N) is 1. The highest BCUT2D eigenvalue weighted by Crippen LogP contribution is 2.34. The zero-order valence-electron chi connectivity index (χ0n) is 13.3. The van der Waals surface area contributed by atoms with E-state index in [4.69, 9.17) is 5.73 Å². The van der Waals surface area contributed by atoms with E-state index in [0.29, 0.717) is 25.9 Å². The second-order valence-electron chi connectivity index (χ2n) is 5.92. The molecule has 1 aromatic carbocycles. The first-order valence-corrected chi connectivity index (χ1v) is 7.70. The average molecular weight is 343 g/mol. The molecule has 24 heavy (non-hydrogen) atoms. The van der Waals surface area contributed by atoms with Crippen LogP contribution < -0.4 is 11.1 Å². The Labute approximate surface area is 138 Å². The molecule has 1 fully saturated rings. The molecule has 0 radical (unpaired) electrons. The predicted molar refractivity (Wildman–Crippen MR) is 83.0 cm³/mol. The van der Waals surface area contributed by atoms with Crippen molar-refractivity contribution in [2.45, 2.75) is 32.0 Å². The van der Waals surface area contributed by atoms with Gasteiger partial charge in [0.25, 0.3) is 0 Å². The van der Waals surface area contributed by atoms with Crippen LogP contribution in [0.4, 0.5) is 18.9 Å². The van der Waals surface area contributed by atoms with Crippen molar-refractivity contribution in [1.82, 2.24) is 4.90 Å². The molecule has 3 N–H and O–H groups in total. The van der Waals surface area contributed by atoms with Crippen LogP contribution in [-0.2, 0) is 15.8 Å². The van der Waals surface area contributed by atoms with Gasteiger partial charge in [0, 0.05) is 5.92 Å². The molecule has 8 heteroatoms. The molecule has 0 aromatic heterocycles. The van der Waals surface area contributed by atoms with Crippen LogP contribution in [-0.4, -0.2) is 35.8 Å². The summed E-state index contributed by atoms with van der Waals surface area (Å²) in [5.41, 5.74) is 4.13. The molecular weight excluding hydrogens is 323 g/mol. The maximum absolute atomic E-state index is 13.0. The number of hydrogen-bond acceptors (Lipinski definition) is 3. The summed E-state index contributed by atoms with van der Waals surface area (Å²) in [7, 11) is 0. The summed E-state index contributed by atoms with van der Waals surface area (Å²) in [4.78, 5) is 25.3. The number of primary amides is 1. The normalized spacial score (nSPS) is 18.2. The van der Waals surface area contributed by atoms with Gasteiger partial charge in [0.1, 0.15) is 0 Å². The first-order valence-electron chi connectivity index (χ1n) is 7.70. The molecule has 1 aromatic rings. The molecule has 5 nitrogen and oxygen atoms in total. The highest BCUT2D eigenvalue weighted by molar-refractivity contribution is 5.95. The molecule has 0 bridgehead atoms. The van der Waals surface area contributed by atoms with Gasteiger partial charge in [-0.3, -0.25) is 14.5 Å². The van der Waals surface area contributed by atoms with Gasteiger partial charge in [0.05, 0.1) is 17.3 Å². The Morgan fingerprint density at radius 1 is 1.25 bits per heavy atom. The predicted octanol–water partition coefficient (Wildman–Crippen LogP) is 2.23. The van der Waals surface area contributed by atoms with E-state index in [1.807, 2.05) is 4.90 Å². The third kappa shape index (κ3) is 4.25. The number of carbonyl (C=O) groups excluding carboxylic acids is 2. The fourth-order valence-corrected chi connectivity index (χ4v) is 2.81. The average Bonchev–Trinajstić information content (AvgIpc) is 2.53. The van der Waals surface area contributed by atoms with Crippen LogP contribution in [0.25, 0.3) is 0 Å². The van der Waals surface area contributed by atoms with Gasteiger partial charge in [-0.05, 0) is 45.0 Å². The number of hydrogen-bond donors (Lipinski definition) is 2. The van der Waals surface area contributed by atoms with Gasteiger partial charge in [-0.15, -0.1) is 0 Å². The molecule has 0 aliphatic carbocycles. The number of nitrogens with zero attached hydrogens (tertiary/aromatic N) is 1. The number of nitrogens with one attached hydrogen (secondary N) is 1. The Balaban J connectivity index is 2.02. The van der Waals surface area contributed by atoms with Crippen LogP contribution in [0.2, 0.25) is 0 Å². The number of benzene rings is 1. The number of piperidine rings is 1. The van der Waals surface area contributed by atoms with E-state index >= 15 is 0 Å². The lowest BCUT2D eigenvalue weighted by molar-refractivity contribution is -0.137. The van der Waals surface area contributed by atoms with Crippen LogP contribution in [0.15, 0.2) is 24.3 Å². The topological polar surface area (TPSA) is 75.4 Å².